The maximum Gasteiger partial charge on any atom is 0.227 e. The van der Waals surface area contributed by atoms with Gasteiger partial charge in [-0.1, -0.05) is 54.6 Å². The second kappa shape index (κ2) is 8.79. The van der Waals surface area contributed by atoms with E-state index >= 15 is 0 Å². The van der Waals surface area contributed by atoms with Crippen LogP contribution in [0.2, 0.25) is 0 Å². The van der Waals surface area contributed by atoms with Crippen molar-refractivity contribution < 1.29 is 4.42 Å². The molecule has 0 saturated carbocycles. The second-order valence-corrected chi connectivity index (χ2v) is 10.3. The Bertz CT molecular complexity index is 2090. The van der Waals surface area contributed by atoms with E-state index in [2.05, 4.69) is 100 Å². The van der Waals surface area contributed by atoms with E-state index in [1.807, 2.05) is 30.5 Å². The van der Waals surface area contributed by atoms with Crippen molar-refractivity contribution in [2.75, 3.05) is 0 Å². The molecule has 184 valence electrons. The average molecular weight is 520 g/mol. The molecule has 39 heavy (non-hydrogen) atoms. The van der Waals surface area contributed by atoms with Crippen LogP contribution in [0, 0.1) is 0 Å². The summed E-state index contributed by atoms with van der Waals surface area (Å²) in [6.07, 6.45) is 1.96. The van der Waals surface area contributed by atoms with Crippen LogP contribution in [-0.4, -0.2) is 14.5 Å². The van der Waals surface area contributed by atoms with E-state index < -0.39 is 0 Å². The highest BCUT2D eigenvalue weighted by Crippen LogP contribution is 2.36. The number of fused-ring (bicyclic) bond motifs is 4. The minimum absolute atomic E-state index is 0.624. The van der Waals surface area contributed by atoms with Gasteiger partial charge in [0.2, 0.25) is 5.89 Å². The van der Waals surface area contributed by atoms with Crippen molar-refractivity contribution in [3.8, 4) is 39.5 Å². The first-order valence-corrected chi connectivity index (χ1v) is 13.7. The lowest BCUT2D eigenvalue weighted by Crippen LogP contribution is -1.95. The third-order valence-corrected chi connectivity index (χ3v) is 7.92. The maximum absolute atomic E-state index is 6.11. The maximum atomic E-state index is 6.11. The first kappa shape index (κ1) is 22.0. The first-order chi connectivity index (χ1) is 19.3. The van der Waals surface area contributed by atoms with Crippen LogP contribution < -0.4 is 0 Å². The normalized spacial score (nSPS) is 11.6. The molecule has 4 nitrogen and oxygen atoms in total. The number of para-hydroxylation sites is 3. The summed E-state index contributed by atoms with van der Waals surface area (Å²) < 4.78 is 8.43. The molecule has 0 amide bonds. The number of oxazole rings is 1. The molecule has 0 bridgehead atoms. The van der Waals surface area contributed by atoms with Gasteiger partial charge >= 0.3 is 0 Å². The first-order valence-electron chi connectivity index (χ1n) is 12.8. The Kier molecular flexibility index (Phi) is 4.96. The van der Waals surface area contributed by atoms with Crippen molar-refractivity contribution >= 4 is 44.2 Å². The highest BCUT2D eigenvalue weighted by atomic mass is 32.1. The molecule has 0 atom stereocenters. The Morgan fingerprint density at radius 1 is 0.641 bits per heavy atom. The van der Waals surface area contributed by atoms with Crippen LogP contribution >= 0.6 is 11.3 Å². The predicted molar refractivity (Wildman–Crippen MR) is 160 cm³/mol. The Morgan fingerprint density at radius 2 is 1.51 bits per heavy atom. The van der Waals surface area contributed by atoms with Gasteiger partial charge in [-0.2, -0.15) is 11.3 Å². The summed E-state index contributed by atoms with van der Waals surface area (Å²) in [6, 6.07) is 37.8. The molecule has 0 aliphatic carbocycles. The van der Waals surface area contributed by atoms with E-state index in [1.54, 1.807) is 11.3 Å². The van der Waals surface area contributed by atoms with Gasteiger partial charge < -0.3 is 8.98 Å². The zero-order valence-electron chi connectivity index (χ0n) is 20.8. The molecule has 0 saturated heterocycles. The molecule has 4 aromatic heterocycles. The van der Waals surface area contributed by atoms with Gasteiger partial charge in [0.05, 0.1) is 16.7 Å². The van der Waals surface area contributed by atoms with E-state index in [0.29, 0.717) is 5.89 Å². The number of rotatable bonds is 4. The monoisotopic (exact) mass is 519 g/mol. The summed E-state index contributed by atoms with van der Waals surface area (Å²) in [5.41, 5.74) is 10.3. The summed E-state index contributed by atoms with van der Waals surface area (Å²) in [5, 5.41) is 6.64. The highest BCUT2D eigenvalue weighted by Gasteiger charge is 2.16. The van der Waals surface area contributed by atoms with Crippen molar-refractivity contribution in [3.63, 3.8) is 0 Å². The summed E-state index contributed by atoms with van der Waals surface area (Å²) in [7, 11) is 0. The molecule has 0 aliphatic rings. The van der Waals surface area contributed by atoms with Gasteiger partial charge in [-0.05, 0) is 70.9 Å². The molecular formula is C34H21N3OS. The fourth-order valence-electron chi connectivity index (χ4n) is 5.35. The third kappa shape index (κ3) is 3.67. The molecule has 8 rings (SSSR count). The summed E-state index contributed by atoms with van der Waals surface area (Å²) in [6.45, 7) is 0. The number of hydrogen-bond acceptors (Lipinski definition) is 4. The number of thiophene rings is 1. The number of aromatic nitrogens is 3. The number of hydrogen-bond donors (Lipinski definition) is 0. The zero-order valence-corrected chi connectivity index (χ0v) is 21.6. The van der Waals surface area contributed by atoms with Crippen LogP contribution in [0.25, 0.3) is 72.4 Å². The van der Waals surface area contributed by atoms with Crippen LogP contribution in [0.3, 0.4) is 0 Å². The van der Waals surface area contributed by atoms with E-state index in [1.165, 1.54) is 16.3 Å². The molecule has 0 N–H and O–H groups in total. The van der Waals surface area contributed by atoms with Crippen LogP contribution in [0.5, 0.6) is 0 Å². The smallest absolute Gasteiger partial charge is 0.227 e. The molecule has 4 aromatic carbocycles. The Balaban J connectivity index is 1.28. The number of pyridine rings is 1. The molecule has 0 fully saturated rings. The van der Waals surface area contributed by atoms with Gasteiger partial charge in [-0.3, -0.25) is 4.98 Å². The minimum Gasteiger partial charge on any atom is -0.436 e. The topological polar surface area (TPSA) is 43.9 Å². The van der Waals surface area contributed by atoms with E-state index in [9.17, 15) is 0 Å². The van der Waals surface area contributed by atoms with Crippen LogP contribution in [0.1, 0.15) is 0 Å². The fourth-order valence-corrected chi connectivity index (χ4v) is 6.01. The summed E-state index contributed by atoms with van der Waals surface area (Å²) >= 11 is 1.70. The van der Waals surface area contributed by atoms with Crippen LogP contribution in [0.15, 0.2) is 131 Å². The Morgan fingerprint density at radius 3 is 2.38 bits per heavy atom. The average Bonchev–Trinajstić information content (AvgIpc) is 3.75. The Labute approximate surface area is 228 Å². The Hall–Kier alpha value is -5.00. The van der Waals surface area contributed by atoms with E-state index in [0.717, 1.165) is 50.2 Å². The van der Waals surface area contributed by atoms with Gasteiger partial charge in [-0.15, -0.1) is 0 Å². The predicted octanol–water partition coefficient (Wildman–Crippen LogP) is 9.38. The molecule has 0 aliphatic heterocycles. The molecule has 0 radical (unpaired) electrons. The van der Waals surface area contributed by atoms with Gasteiger partial charge in [0.25, 0.3) is 0 Å². The lowest BCUT2D eigenvalue weighted by atomic mass is 10.1. The van der Waals surface area contributed by atoms with Gasteiger partial charge in [0, 0.05) is 39.3 Å². The van der Waals surface area contributed by atoms with Crippen molar-refractivity contribution in [1.29, 1.82) is 0 Å². The van der Waals surface area contributed by atoms with Crippen LogP contribution in [-0.2, 0) is 0 Å². The molecule has 4 heterocycles. The lowest BCUT2D eigenvalue weighted by Gasteiger charge is -2.11. The van der Waals surface area contributed by atoms with Crippen molar-refractivity contribution in [2.45, 2.75) is 0 Å². The third-order valence-electron chi connectivity index (χ3n) is 7.23. The van der Waals surface area contributed by atoms with E-state index in [4.69, 9.17) is 14.4 Å². The van der Waals surface area contributed by atoms with Crippen LogP contribution in [0.4, 0.5) is 0 Å². The molecule has 8 aromatic rings. The number of nitrogens with zero attached hydrogens (tertiary/aromatic N) is 3. The zero-order chi connectivity index (χ0) is 25.8. The quantitative estimate of drug-likeness (QED) is 0.233. The molecule has 0 unspecified atom stereocenters. The van der Waals surface area contributed by atoms with Crippen molar-refractivity contribution in [1.82, 2.24) is 14.5 Å². The van der Waals surface area contributed by atoms with Crippen molar-refractivity contribution in [3.05, 3.63) is 126 Å². The lowest BCUT2D eigenvalue weighted by molar-refractivity contribution is 0.620. The standard InChI is InChI=1S/C34H21N3OS/c1-3-10-31-27(8-1)28-14-12-23(34-36-30-9-2-4-11-33(30)38-34)19-32(28)37(31)26-7-5-6-22(18-26)29-15-13-24(20-35-29)25-16-17-39-21-25/h1-21H. The number of benzene rings is 4. The minimum atomic E-state index is 0.624. The molecular weight excluding hydrogens is 498 g/mol. The van der Waals surface area contributed by atoms with Gasteiger partial charge in [-0.25, -0.2) is 4.98 Å². The van der Waals surface area contributed by atoms with Crippen molar-refractivity contribution in [2.24, 2.45) is 0 Å². The molecule has 5 heteroatoms. The molecule has 0 spiro atoms. The summed E-state index contributed by atoms with van der Waals surface area (Å²) in [4.78, 5) is 9.54. The largest absolute Gasteiger partial charge is 0.436 e. The summed E-state index contributed by atoms with van der Waals surface area (Å²) in [5.74, 6) is 0.624. The fraction of sp³-hybridized carbons (Fsp3) is 0. The van der Waals surface area contributed by atoms with Gasteiger partial charge in [0.1, 0.15) is 5.52 Å². The van der Waals surface area contributed by atoms with Gasteiger partial charge in [0.15, 0.2) is 5.58 Å². The van der Waals surface area contributed by atoms with E-state index in [-0.39, 0.29) is 0 Å². The highest BCUT2D eigenvalue weighted by molar-refractivity contribution is 7.08. The SMILES string of the molecule is c1cc(-c2ccc(-c3ccsc3)cn2)cc(-n2c3ccccc3c3ccc(-c4nc5ccccc5o4)cc32)c1. The second-order valence-electron chi connectivity index (χ2n) is 9.57.